The van der Waals surface area contributed by atoms with Gasteiger partial charge in [0.1, 0.15) is 0 Å². The fraction of sp³-hybridized carbons (Fsp3) is 0.696. The van der Waals surface area contributed by atoms with Crippen LogP contribution in [-0.2, 0) is 11.3 Å². The molecule has 148 valence electrons. The molecule has 27 heavy (non-hydrogen) atoms. The molecule has 1 saturated heterocycles. The fourth-order valence-corrected chi connectivity index (χ4v) is 5.19. The van der Waals surface area contributed by atoms with Crippen molar-refractivity contribution in [3.63, 3.8) is 0 Å². The molecule has 1 aliphatic heterocycles. The van der Waals surface area contributed by atoms with Gasteiger partial charge in [-0.05, 0) is 56.0 Å². The third kappa shape index (κ3) is 4.91. The average molecular weight is 370 g/mol. The van der Waals surface area contributed by atoms with Gasteiger partial charge in [0, 0.05) is 38.1 Å². The van der Waals surface area contributed by atoms with Crippen molar-refractivity contribution in [1.29, 1.82) is 0 Å². The molecule has 0 unspecified atom stereocenters. The smallest absolute Gasteiger partial charge is 0.223 e. The van der Waals surface area contributed by atoms with Gasteiger partial charge in [0.05, 0.1) is 0 Å². The predicted octanol–water partition coefficient (Wildman–Crippen LogP) is 3.18. The van der Waals surface area contributed by atoms with Gasteiger partial charge in [0.2, 0.25) is 5.91 Å². The van der Waals surface area contributed by atoms with Gasteiger partial charge < -0.3 is 10.6 Å². The summed E-state index contributed by atoms with van der Waals surface area (Å²) < 4.78 is 0. The van der Waals surface area contributed by atoms with Crippen molar-refractivity contribution in [2.45, 2.75) is 57.5 Å². The molecule has 3 aliphatic rings. The summed E-state index contributed by atoms with van der Waals surface area (Å²) in [7, 11) is 0. The fourth-order valence-electron chi connectivity index (χ4n) is 5.19. The molecule has 4 rings (SSSR count). The first-order chi connectivity index (χ1) is 13.3. The van der Waals surface area contributed by atoms with Crippen LogP contribution in [0.2, 0.25) is 0 Å². The summed E-state index contributed by atoms with van der Waals surface area (Å²) in [5, 5.41) is 6.95. The number of rotatable bonds is 8. The summed E-state index contributed by atoms with van der Waals surface area (Å²) in [6.07, 6.45) is 8.52. The van der Waals surface area contributed by atoms with Crippen molar-refractivity contribution in [2.24, 2.45) is 17.8 Å². The molecule has 2 saturated carbocycles. The van der Waals surface area contributed by atoms with Crippen molar-refractivity contribution < 1.29 is 4.79 Å². The number of carbonyl (C=O) groups excluding carboxylic acids is 1. The van der Waals surface area contributed by atoms with Crippen LogP contribution in [0.25, 0.3) is 0 Å². The quantitative estimate of drug-likeness (QED) is 0.692. The first-order valence-electron chi connectivity index (χ1n) is 11.1. The standard InChI is InChI=1S/C23H35N3O/c27-23(19-9-4-10-19)25-14-6-13-24-22-12-5-11-20-16-26(17-21(20)22)15-18-7-2-1-3-8-18/h1-3,7-8,19-22,24H,4-6,9-17H2,(H,25,27)/t20-,21-,22-/m1/s1. The van der Waals surface area contributed by atoms with Crippen molar-refractivity contribution in [3.8, 4) is 0 Å². The SMILES string of the molecule is O=C(NCCCN[C@@H]1CCC[C@@H]2CN(Cc3ccccc3)C[C@H]21)C1CCC1. The Labute approximate surface area is 164 Å². The maximum absolute atomic E-state index is 11.9. The maximum atomic E-state index is 11.9. The Balaban J connectivity index is 1.18. The molecule has 0 aromatic heterocycles. The first kappa shape index (κ1) is 18.9. The largest absolute Gasteiger partial charge is 0.356 e. The number of nitrogens with one attached hydrogen (secondary N) is 2. The van der Waals surface area contributed by atoms with E-state index in [9.17, 15) is 4.79 Å². The molecular formula is C23H35N3O. The zero-order chi connectivity index (χ0) is 18.5. The number of amides is 1. The molecule has 0 bridgehead atoms. The molecular weight excluding hydrogens is 334 g/mol. The van der Waals surface area contributed by atoms with Gasteiger partial charge in [-0.15, -0.1) is 0 Å². The molecule has 2 aliphatic carbocycles. The molecule has 0 radical (unpaired) electrons. The number of fused-ring (bicyclic) bond motifs is 1. The zero-order valence-corrected chi connectivity index (χ0v) is 16.5. The molecule has 3 atom stereocenters. The van der Waals surface area contributed by atoms with Crippen molar-refractivity contribution in [1.82, 2.24) is 15.5 Å². The van der Waals surface area contributed by atoms with Crippen LogP contribution >= 0.6 is 0 Å². The number of benzene rings is 1. The minimum absolute atomic E-state index is 0.284. The zero-order valence-electron chi connectivity index (χ0n) is 16.5. The lowest BCUT2D eigenvalue weighted by molar-refractivity contribution is -0.127. The number of hydrogen-bond donors (Lipinski definition) is 2. The first-order valence-corrected chi connectivity index (χ1v) is 11.1. The van der Waals surface area contributed by atoms with Crippen molar-refractivity contribution >= 4 is 5.91 Å². The highest BCUT2D eigenvalue weighted by molar-refractivity contribution is 5.79. The molecule has 1 amide bonds. The molecule has 4 heteroatoms. The van der Waals surface area contributed by atoms with Crippen LogP contribution in [0.5, 0.6) is 0 Å². The number of hydrogen-bond acceptors (Lipinski definition) is 3. The third-order valence-electron chi connectivity index (χ3n) is 6.96. The highest BCUT2D eigenvalue weighted by Crippen LogP contribution is 2.37. The molecule has 4 nitrogen and oxygen atoms in total. The highest BCUT2D eigenvalue weighted by atomic mass is 16.1. The molecule has 0 spiro atoms. The minimum Gasteiger partial charge on any atom is -0.356 e. The van der Waals surface area contributed by atoms with Gasteiger partial charge in [0.25, 0.3) is 0 Å². The van der Waals surface area contributed by atoms with E-state index < -0.39 is 0 Å². The van der Waals surface area contributed by atoms with E-state index in [-0.39, 0.29) is 5.91 Å². The molecule has 2 N–H and O–H groups in total. The van der Waals surface area contributed by atoms with E-state index in [0.29, 0.717) is 12.0 Å². The lowest BCUT2D eigenvalue weighted by Gasteiger charge is -2.34. The van der Waals surface area contributed by atoms with Crippen LogP contribution in [0, 0.1) is 17.8 Å². The Kier molecular flexibility index (Phi) is 6.46. The van der Waals surface area contributed by atoms with Gasteiger partial charge >= 0.3 is 0 Å². The van der Waals surface area contributed by atoms with Crippen molar-refractivity contribution in [2.75, 3.05) is 26.2 Å². The van der Waals surface area contributed by atoms with Gasteiger partial charge in [-0.25, -0.2) is 0 Å². The third-order valence-corrected chi connectivity index (χ3v) is 6.96. The van der Waals surface area contributed by atoms with E-state index in [0.717, 1.165) is 50.7 Å². The van der Waals surface area contributed by atoms with E-state index in [2.05, 4.69) is 45.9 Å². The van der Waals surface area contributed by atoms with Gasteiger partial charge in [0.15, 0.2) is 0 Å². The summed E-state index contributed by atoms with van der Waals surface area (Å²) >= 11 is 0. The van der Waals surface area contributed by atoms with Crippen LogP contribution in [-0.4, -0.2) is 43.0 Å². The monoisotopic (exact) mass is 369 g/mol. The second-order valence-electron chi connectivity index (χ2n) is 8.87. The molecule has 1 aromatic rings. The lowest BCUT2D eigenvalue weighted by atomic mass is 9.78. The van der Waals surface area contributed by atoms with Crippen molar-refractivity contribution in [3.05, 3.63) is 35.9 Å². The normalized spacial score (nSPS) is 28.5. The van der Waals surface area contributed by atoms with Gasteiger partial charge in [-0.1, -0.05) is 43.2 Å². The number of likely N-dealkylation sites (tertiary alicyclic amines) is 1. The van der Waals surface area contributed by atoms with E-state index in [1.807, 2.05) is 0 Å². The number of carbonyl (C=O) groups is 1. The Bertz CT molecular complexity index is 601. The van der Waals surface area contributed by atoms with Crippen LogP contribution in [0.3, 0.4) is 0 Å². The maximum Gasteiger partial charge on any atom is 0.223 e. The van der Waals surface area contributed by atoms with E-state index >= 15 is 0 Å². The Morgan fingerprint density at radius 3 is 2.59 bits per heavy atom. The summed E-state index contributed by atoms with van der Waals surface area (Å²) in [6.45, 7) is 5.43. The highest BCUT2D eigenvalue weighted by Gasteiger charge is 2.39. The summed E-state index contributed by atoms with van der Waals surface area (Å²) in [5.41, 5.74) is 1.43. The van der Waals surface area contributed by atoms with Gasteiger partial charge in [-0.3, -0.25) is 9.69 Å². The molecule has 1 heterocycles. The topological polar surface area (TPSA) is 44.4 Å². The number of nitrogens with zero attached hydrogens (tertiary/aromatic N) is 1. The minimum atomic E-state index is 0.284. The van der Waals surface area contributed by atoms with Crippen LogP contribution in [0.4, 0.5) is 0 Å². The summed E-state index contributed by atoms with van der Waals surface area (Å²) in [6, 6.07) is 11.5. The Morgan fingerprint density at radius 1 is 1.00 bits per heavy atom. The van der Waals surface area contributed by atoms with E-state index in [1.54, 1.807) is 0 Å². The Morgan fingerprint density at radius 2 is 1.81 bits per heavy atom. The summed E-state index contributed by atoms with van der Waals surface area (Å²) in [4.78, 5) is 14.5. The Hall–Kier alpha value is -1.39. The molecule has 3 fully saturated rings. The predicted molar refractivity (Wildman–Crippen MR) is 109 cm³/mol. The van der Waals surface area contributed by atoms with Gasteiger partial charge in [-0.2, -0.15) is 0 Å². The average Bonchev–Trinajstić information content (AvgIpc) is 3.04. The van der Waals surface area contributed by atoms with Crippen LogP contribution < -0.4 is 10.6 Å². The lowest BCUT2D eigenvalue weighted by Crippen LogP contribution is -2.43. The molecule has 1 aromatic carbocycles. The summed E-state index contributed by atoms with van der Waals surface area (Å²) in [5.74, 6) is 2.25. The van der Waals surface area contributed by atoms with E-state index in [1.165, 1.54) is 44.3 Å². The second-order valence-corrected chi connectivity index (χ2v) is 8.87. The van der Waals surface area contributed by atoms with Crippen LogP contribution in [0.1, 0.15) is 50.5 Å². The van der Waals surface area contributed by atoms with E-state index in [4.69, 9.17) is 0 Å². The second kappa shape index (κ2) is 9.20. The van der Waals surface area contributed by atoms with Crippen LogP contribution in [0.15, 0.2) is 30.3 Å².